The van der Waals surface area contributed by atoms with E-state index in [-0.39, 0.29) is 5.91 Å². The van der Waals surface area contributed by atoms with Crippen LogP contribution in [0.15, 0.2) is 97.9 Å². The highest BCUT2D eigenvalue weighted by molar-refractivity contribution is 5.95. The Morgan fingerprint density at radius 2 is 1.89 bits per heavy atom. The lowest BCUT2D eigenvalue weighted by Crippen LogP contribution is -2.25. The molecule has 0 saturated heterocycles. The molecule has 2 aromatic carbocycles. The molecule has 1 aliphatic heterocycles. The lowest BCUT2D eigenvalue weighted by Gasteiger charge is -2.24. The molecule has 0 unspecified atom stereocenters. The molecule has 0 aliphatic carbocycles. The smallest absolute Gasteiger partial charge is 0.352 e. The van der Waals surface area contributed by atoms with Gasteiger partial charge in [-0.3, -0.25) is 4.79 Å². The summed E-state index contributed by atoms with van der Waals surface area (Å²) in [4.78, 5) is 18.6. The summed E-state index contributed by atoms with van der Waals surface area (Å²) in [6, 6.07) is 9.83. The number of hydrogen-bond acceptors (Lipinski definition) is 3. The van der Waals surface area contributed by atoms with Crippen LogP contribution in [0.3, 0.4) is 0 Å². The number of alkyl halides is 3. The molecule has 0 spiro atoms. The highest BCUT2D eigenvalue weighted by Gasteiger charge is 2.29. The van der Waals surface area contributed by atoms with Gasteiger partial charge >= 0.3 is 6.18 Å². The summed E-state index contributed by atoms with van der Waals surface area (Å²) >= 11 is 0. The molecule has 0 fully saturated rings. The number of anilines is 1. The monoisotopic (exact) mass is 488 g/mol. The standard InChI is InChI=1S/C28H23F3N4O/c1-21-5-2-3-17-35(21)26-13-10-24(27(36)33-14-4-16-34-18-15-32-20-34)19-23(26)9-6-22-7-11-25(12-8-22)28(29,30)31/h2-3,5,7-8,10-13,15,17-20H,1,4,14,16H2,(H,33,36). The van der Waals surface area contributed by atoms with Crippen LogP contribution in [-0.4, -0.2) is 22.0 Å². The van der Waals surface area contributed by atoms with Crippen molar-refractivity contribution in [1.82, 2.24) is 14.9 Å². The van der Waals surface area contributed by atoms with E-state index in [9.17, 15) is 18.0 Å². The predicted molar refractivity (Wildman–Crippen MR) is 133 cm³/mol. The van der Waals surface area contributed by atoms with Crippen molar-refractivity contribution in [2.75, 3.05) is 11.4 Å². The fraction of sp³-hybridized carbons (Fsp3) is 0.143. The minimum atomic E-state index is -4.41. The largest absolute Gasteiger partial charge is 0.416 e. The molecule has 182 valence electrons. The number of halogens is 3. The second kappa shape index (κ2) is 10.8. The van der Waals surface area contributed by atoms with Crippen molar-refractivity contribution in [3.8, 4) is 11.8 Å². The van der Waals surface area contributed by atoms with Gasteiger partial charge in [0.25, 0.3) is 5.91 Å². The summed E-state index contributed by atoms with van der Waals surface area (Å²) in [5.74, 6) is 5.70. The number of carbonyl (C=O) groups is 1. The average molecular weight is 489 g/mol. The summed E-state index contributed by atoms with van der Waals surface area (Å²) in [7, 11) is 0. The number of nitrogens with one attached hydrogen (secondary N) is 1. The minimum absolute atomic E-state index is 0.238. The van der Waals surface area contributed by atoms with Gasteiger partial charge in [-0.1, -0.05) is 24.5 Å². The molecule has 8 heteroatoms. The van der Waals surface area contributed by atoms with Crippen LogP contribution in [0.1, 0.15) is 33.5 Å². The summed E-state index contributed by atoms with van der Waals surface area (Å²) in [5, 5.41) is 2.91. The van der Waals surface area contributed by atoms with Crippen molar-refractivity contribution in [1.29, 1.82) is 0 Å². The van der Waals surface area contributed by atoms with Crippen molar-refractivity contribution >= 4 is 11.6 Å². The fourth-order valence-electron chi connectivity index (χ4n) is 3.57. The Bertz CT molecular complexity index is 1360. The first-order chi connectivity index (χ1) is 17.3. The van der Waals surface area contributed by atoms with Gasteiger partial charge < -0.3 is 14.8 Å². The van der Waals surface area contributed by atoms with Gasteiger partial charge in [-0.05, 0) is 61.0 Å². The van der Waals surface area contributed by atoms with Crippen molar-refractivity contribution < 1.29 is 18.0 Å². The Labute approximate surface area is 207 Å². The van der Waals surface area contributed by atoms with E-state index in [0.717, 1.165) is 25.1 Å². The van der Waals surface area contributed by atoms with Gasteiger partial charge in [-0.25, -0.2) is 4.98 Å². The topological polar surface area (TPSA) is 50.2 Å². The molecule has 5 nitrogen and oxygen atoms in total. The maximum atomic E-state index is 12.9. The van der Waals surface area contributed by atoms with Crippen LogP contribution in [0.4, 0.5) is 18.9 Å². The Balaban J connectivity index is 1.56. The number of imidazole rings is 1. The zero-order chi connectivity index (χ0) is 25.5. The van der Waals surface area contributed by atoms with Crippen LogP contribution in [0.2, 0.25) is 0 Å². The molecule has 36 heavy (non-hydrogen) atoms. The van der Waals surface area contributed by atoms with Crippen LogP contribution < -0.4 is 10.2 Å². The van der Waals surface area contributed by atoms with E-state index >= 15 is 0 Å². The highest BCUT2D eigenvalue weighted by Crippen LogP contribution is 2.29. The second-order valence-electron chi connectivity index (χ2n) is 8.03. The Morgan fingerprint density at radius 3 is 2.58 bits per heavy atom. The van der Waals surface area contributed by atoms with Crippen molar-refractivity contribution in [3.63, 3.8) is 0 Å². The van der Waals surface area contributed by atoms with Gasteiger partial charge in [-0.15, -0.1) is 0 Å². The SMILES string of the molecule is C=C1C=CC=CN1c1ccc(C(=O)NCCCn2ccnc2)cc1C#Cc1ccc(C(F)(F)F)cc1. The van der Waals surface area contributed by atoms with Crippen molar-refractivity contribution in [2.24, 2.45) is 0 Å². The first kappa shape index (κ1) is 24.6. The number of allylic oxidation sites excluding steroid dienone is 3. The quantitative estimate of drug-likeness (QED) is 0.367. The first-order valence-electron chi connectivity index (χ1n) is 11.2. The zero-order valence-electron chi connectivity index (χ0n) is 19.3. The molecular weight excluding hydrogens is 465 g/mol. The van der Waals surface area contributed by atoms with Gasteiger partial charge in [0.05, 0.1) is 17.6 Å². The lowest BCUT2D eigenvalue weighted by molar-refractivity contribution is -0.137. The summed E-state index contributed by atoms with van der Waals surface area (Å²) in [6.45, 7) is 5.26. The second-order valence-corrected chi connectivity index (χ2v) is 8.03. The molecule has 0 saturated carbocycles. The third-order valence-corrected chi connectivity index (χ3v) is 5.45. The maximum Gasteiger partial charge on any atom is 0.416 e. The number of hydrogen-bond donors (Lipinski definition) is 1. The summed E-state index contributed by atoms with van der Waals surface area (Å²) in [5.41, 5.74) is 2.09. The minimum Gasteiger partial charge on any atom is -0.352 e. The van der Waals surface area contributed by atoms with Crippen molar-refractivity contribution in [2.45, 2.75) is 19.1 Å². The van der Waals surface area contributed by atoms with E-state index in [4.69, 9.17) is 0 Å². The van der Waals surface area contributed by atoms with E-state index in [1.54, 1.807) is 30.7 Å². The average Bonchev–Trinajstić information content (AvgIpc) is 3.39. The number of nitrogens with zero attached hydrogens (tertiary/aromatic N) is 3. The molecule has 1 aliphatic rings. The van der Waals surface area contributed by atoms with Crippen LogP contribution in [0.25, 0.3) is 0 Å². The number of aryl methyl sites for hydroxylation is 1. The lowest BCUT2D eigenvalue weighted by atomic mass is 10.0. The molecule has 0 atom stereocenters. The maximum absolute atomic E-state index is 12.9. The zero-order valence-corrected chi connectivity index (χ0v) is 19.3. The third-order valence-electron chi connectivity index (χ3n) is 5.45. The van der Waals surface area contributed by atoms with E-state index < -0.39 is 11.7 Å². The van der Waals surface area contributed by atoms with Crippen LogP contribution >= 0.6 is 0 Å². The number of benzene rings is 2. The Morgan fingerprint density at radius 1 is 1.08 bits per heavy atom. The molecule has 3 aromatic rings. The summed E-state index contributed by atoms with van der Waals surface area (Å²) < 4.78 is 40.5. The molecule has 1 aromatic heterocycles. The van der Waals surface area contributed by atoms with E-state index in [0.29, 0.717) is 34.6 Å². The van der Waals surface area contributed by atoms with Gasteiger partial charge in [0.1, 0.15) is 0 Å². The fourth-order valence-corrected chi connectivity index (χ4v) is 3.57. The molecular formula is C28H23F3N4O. The molecule has 0 bridgehead atoms. The van der Waals surface area contributed by atoms with Crippen LogP contribution in [0.5, 0.6) is 0 Å². The molecule has 0 radical (unpaired) electrons. The molecule has 1 N–H and O–H groups in total. The number of rotatable bonds is 6. The van der Waals surface area contributed by atoms with Crippen LogP contribution in [-0.2, 0) is 12.7 Å². The van der Waals surface area contributed by atoms with Gasteiger partial charge in [0.2, 0.25) is 0 Å². The molecule has 1 amide bonds. The number of amides is 1. The number of carbonyl (C=O) groups excluding carboxylic acids is 1. The van der Waals surface area contributed by atoms with Crippen molar-refractivity contribution in [3.05, 3.63) is 120 Å². The van der Waals surface area contributed by atoms with Gasteiger partial charge in [0, 0.05) is 54.1 Å². The Hall–Kier alpha value is -4.51. The predicted octanol–water partition coefficient (Wildman–Crippen LogP) is 5.53. The molecule has 4 rings (SSSR count). The number of aromatic nitrogens is 2. The normalized spacial score (nSPS) is 12.9. The first-order valence-corrected chi connectivity index (χ1v) is 11.2. The Kier molecular flexibility index (Phi) is 7.40. The highest BCUT2D eigenvalue weighted by atomic mass is 19.4. The van der Waals surface area contributed by atoms with E-state index in [2.05, 4.69) is 28.7 Å². The van der Waals surface area contributed by atoms with E-state index in [1.807, 2.05) is 40.1 Å². The summed E-state index contributed by atoms with van der Waals surface area (Å²) in [6.07, 6.45) is 9.00. The van der Waals surface area contributed by atoms with Crippen LogP contribution in [0, 0.1) is 11.8 Å². The third kappa shape index (κ3) is 6.13. The molecule has 2 heterocycles. The van der Waals surface area contributed by atoms with Gasteiger partial charge in [0.15, 0.2) is 0 Å². The van der Waals surface area contributed by atoms with E-state index in [1.165, 1.54) is 12.1 Å². The van der Waals surface area contributed by atoms with Gasteiger partial charge in [-0.2, -0.15) is 13.2 Å².